The van der Waals surface area contributed by atoms with Gasteiger partial charge in [0.05, 0.1) is 22.3 Å². The van der Waals surface area contributed by atoms with Gasteiger partial charge in [-0.2, -0.15) is 0 Å². The second-order valence-electron chi connectivity index (χ2n) is 20.0. The summed E-state index contributed by atoms with van der Waals surface area (Å²) in [6, 6.07) is 60.9. The summed E-state index contributed by atoms with van der Waals surface area (Å²) >= 11 is 0. The van der Waals surface area contributed by atoms with Gasteiger partial charge >= 0.3 is 0 Å². The summed E-state index contributed by atoms with van der Waals surface area (Å²) in [5.74, 6) is 0.444. The van der Waals surface area contributed by atoms with Crippen LogP contribution in [0, 0.1) is 26.7 Å². The van der Waals surface area contributed by atoms with E-state index in [1.54, 1.807) is 18.3 Å². The Morgan fingerprint density at radius 1 is 0.543 bits per heavy atom. The molecule has 0 spiro atoms. The fourth-order valence-corrected chi connectivity index (χ4v) is 9.43. The monoisotopic (exact) mass is 1100 g/mol. The first-order valence-corrected chi connectivity index (χ1v) is 23.5. The Kier molecular flexibility index (Phi) is 11.0. The number of hydrogen-bond acceptors (Lipinski definition) is 3. The first kappa shape index (κ1) is 40.7. The van der Waals surface area contributed by atoms with Gasteiger partial charge in [-0.3, -0.25) is 9.55 Å². The molecule has 8 aromatic carbocycles. The molecular formula is C65H58N3OPt-. The maximum absolute atomic E-state index is 12.2. The van der Waals surface area contributed by atoms with Crippen molar-refractivity contribution in [2.24, 2.45) is 0 Å². The minimum absolute atomic E-state index is 0. The molecule has 0 amide bonds. The van der Waals surface area contributed by atoms with Crippen LogP contribution in [0.3, 0.4) is 0 Å². The zero-order chi connectivity index (χ0) is 53.2. The van der Waals surface area contributed by atoms with Gasteiger partial charge in [0.15, 0.2) is 0 Å². The topological polar surface area (TPSA) is 50.9 Å². The summed E-state index contributed by atoms with van der Waals surface area (Å²) in [5, 5.41) is 12.2. The predicted octanol–water partition coefficient (Wildman–Crippen LogP) is 17.1. The van der Waals surface area contributed by atoms with Gasteiger partial charge in [0.25, 0.3) is 0 Å². The Bertz CT molecular complexity index is 3780. The van der Waals surface area contributed by atoms with E-state index >= 15 is 0 Å². The molecule has 1 N–H and O–H groups in total. The van der Waals surface area contributed by atoms with E-state index in [0.29, 0.717) is 39.4 Å². The summed E-state index contributed by atoms with van der Waals surface area (Å²) in [4.78, 5) is 10.3. The smallest absolute Gasteiger partial charge is 0.148 e. The summed E-state index contributed by atoms with van der Waals surface area (Å²) in [7, 11) is 0. The van der Waals surface area contributed by atoms with Crippen LogP contribution in [-0.4, -0.2) is 19.6 Å². The number of pyridine rings is 1. The number of aryl methyl sites for hydroxylation is 3. The number of phenols is 1. The summed E-state index contributed by atoms with van der Waals surface area (Å²) < 4.78 is 53.3. The molecule has 70 heavy (non-hydrogen) atoms. The molecule has 2 aromatic heterocycles. The number of imidazole rings is 1. The van der Waals surface area contributed by atoms with E-state index in [-0.39, 0.29) is 48.8 Å². The van der Waals surface area contributed by atoms with Gasteiger partial charge < -0.3 is 5.11 Å². The van der Waals surface area contributed by atoms with Gasteiger partial charge in [-0.25, -0.2) is 4.98 Å². The van der Waals surface area contributed by atoms with Crippen LogP contribution in [0.5, 0.6) is 5.75 Å². The number of fused-ring (bicyclic) bond motifs is 1. The first-order chi connectivity index (χ1) is 35.5. The van der Waals surface area contributed by atoms with Crippen LogP contribution < -0.4 is 0 Å². The van der Waals surface area contributed by atoms with Crippen molar-refractivity contribution in [2.75, 3.05) is 0 Å². The molecule has 0 aliphatic carbocycles. The third kappa shape index (κ3) is 9.21. The molecule has 5 heteroatoms. The van der Waals surface area contributed by atoms with Crippen LogP contribution in [0.15, 0.2) is 182 Å². The van der Waals surface area contributed by atoms with Crippen molar-refractivity contribution >= 4 is 11.0 Å². The van der Waals surface area contributed by atoms with Crippen LogP contribution >= 0.6 is 0 Å². The maximum atomic E-state index is 12.2. The molecule has 0 unspecified atom stereocenters. The van der Waals surface area contributed by atoms with Crippen LogP contribution in [0.1, 0.15) is 77.6 Å². The Morgan fingerprint density at radius 3 is 1.91 bits per heavy atom. The number of benzene rings is 8. The molecule has 350 valence electrons. The van der Waals surface area contributed by atoms with Gasteiger partial charge in [0.1, 0.15) is 11.6 Å². The SMILES string of the molecule is [2H]C([2H])([2H])c1ccc(-c2ccnc(-c3[c-]c(-c4cccc5c4nc(-c4cc(C(C)(C)C)cc(C)c4O)n5-c4ccc(-c5c(-c6ccccc6)cccc5C(C)(C)C)cc4C([2H])([2H])[2H])cc(-c4ccccc4)c3)c2)cc1.[Pt]. The fourth-order valence-electron chi connectivity index (χ4n) is 9.43. The minimum Gasteiger partial charge on any atom is -0.507 e. The molecule has 10 rings (SSSR count). The van der Waals surface area contributed by atoms with E-state index in [2.05, 4.69) is 102 Å². The van der Waals surface area contributed by atoms with Gasteiger partial charge in [-0.1, -0.05) is 197 Å². The van der Waals surface area contributed by atoms with E-state index < -0.39 is 13.7 Å². The second kappa shape index (κ2) is 19.0. The van der Waals surface area contributed by atoms with Crippen molar-refractivity contribution in [1.82, 2.24) is 14.5 Å². The van der Waals surface area contributed by atoms with Crippen LogP contribution in [0.4, 0.5) is 0 Å². The molecule has 0 fully saturated rings. The number of aromatic nitrogens is 3. The summed E-state index contributed by atoms with van der Waals surface area (Å²) in [6.45, 7) is 9.99. The van der Waals surface area contributed by atoms with Gasteiger partial charge in [0.2, 0.25) is 0 Å². The van der Waals surface area contributed by atoms with Gasteiger partial charge in [-0.15, -0.1) is 23.8 Å². The summed E-state index contributed by atoms with van der Waals surface area (Å²) in [5.41, 5.74) is 14.9. The maximum Gasteiger partial charge on any atom is 0.148 e. The molecule has 10 aromatic rings. The molecule has 0 saturated carbocycles. The van der Waals surface area contributed by atoms with E-state index in [4.69, 9.17) is 14.1 Å². The largest absolute Gasteiger partial charge is 0.507 e. The number of aromatic hydroxyl groups is 1. The zero-order valence-electron chi connectivity index (χ0n) is 46.4. The number of rotatable bonds is 8. The molecule has 0 atom stereocenters. The quantitative estimate of drug-likeness (QED) is 0.154. The van der Waals surface area contributed by atoms with Gasteiger partial charge in [-0.05, 0) is 123 Å². The van der Waals surface area contributed by atoms with Crippen molar-refractivity contribution < 1.29 is 34.4 Å². The standard InChI is InChI=1S/C65H58N3O.Pt/c1-41-26-28-45(29-27-41)47-32-33-66-57(39-47)51-37-49(44-18-12-10-13-19-44)36-50(38-51)54-23-17-25-59-61(54)67-63(55-40-52(64(4,5)6)35-43(3)62(55)69)68(59)58-31-30-48(34-42(58)2)60-53(46-20-14-11-15-21-46)22-16-24-56(60)65(7,8)9;/h10-37,39-40,69H,1-9H3;/q-1;/i1D3,2D3;. The van der Waals surface area contributed by atoms with E-state index in [0.717, 1.165) is 72.3 Å². The molecular weight excluding hydrogens is 1030 g/mol. The molecule has 0 aliphatic heterocycles. The number of hydrogen-bond donors (Lipinski definition) is 1. The molecule has 0 radical (unpaired) electrons. The number of para-hydroxylation sites is 1. The molecule has 0 aliphatic rings. The van der Waals surface area contributed by atoms with E-state index in [9.17, 15) is 9.22 Å². The van der Waals surface area contributed by atoms with Crippen molar-refractivity contribution in [1.29, 1.82) is 0 Å². The third-order valence-corrected chi connectivity index (χ3v) is 13.1. The van der Waals surface area contributed by atoms with Crippen LogP contribution in [0.2, 0.25) is 0 Å². The third-order valence-electron chi connectivity index (χ3n) is 13.1. The average Bonchev–Trinajstić information content (AvgIpc) is 3.81. The molecule has 2 heterocycles. The van der Waals surface area contributed by atoms with Crippen molar-refractivity contribution in [2.45, 2.75) is 73.0 Å². The van der Waals surface area contributed by atoms with Crippen molar-refractivity contribution in [3.63, 3.8) is 0 Å². The molecule has 4 nitrogen and oxygen atoms in total. The minimum atomic E-state index is -2.59. The average molecular weight is 1100 g/mol. The zero-order valence-corrected chi connectivity index (χ0v) is 42.7. The van der Waals surface area contributed by atoms with Crippen molar-refractivity contribution in [3.05, 3.63) is 216 Å². The van der Waals surface area contributed by atoms with E-state index in [1.165, 1.54) is 0 Å². The van der Waals surface area contributed by atoms with Crippen LogP contribution in [-0.2, 0) is 31.9 Å². The molecule has 0 bridgehead atoms. The molecule has 0 saturated heterocycles. The van der Waals surface area contributed by atoms with Gasteiger partial charge in [0, 0.05) is 41.2 Å². The Balaban J connectivity index is 0.00000706. The van der Waals surface area contributed by atoms with Crippen LogP contribution in [0.25, 0.3) is 95.0 Å². The predicted molar refractivity (Wildman–Crippen MR) is 289 cm³/mol. The second-order valence-corrected chi connectivity index (χ2v) is 20.0. The Labute approximate surface area is 436 Å². The van der Waals surface area contributed by atoms with Crippen molar-refractivity contribution in [3.8, 4) is 89.7 Å². The number of nitrogens with zero attached hydrogens (tertiary/aromatic N) is 3. The number of phenolic OH excluding ortho intramolecular Hbond substituents is 1. The first-order valence-electron chi connectivity index (χ1n) is 26.5. The summed E-state index contributed by atoms with van der Waals surface area (Å²) in [6.07, 6.45) is 1.75. The fraction of sp³-hybridized carbons (Fsp3) is 0.169. The Hall–Kier alpha value is -7.13. The Morgan fingerprint density at radius 2 is 1.21 bits per heavy atom. The normalized spacial score (nSPS) is 13.4. The van der Waals surface area contributed by atoms with E-state index in [1.807, 2.05) is 121 Å².